The molecular formula is C23H29N3O2S. The van der Waals surface area contributed by atoms with Gasteiger partial charge in [0, 0.05) is 12.1 Å². The van der Waals surface area contributed by atoms with Gasteiger partial charge in [-0.3, -0.25) is 4.79 Å². The van der Waals surface area contributed by atoms with E-state index in [-0.39, 0.29) is 5.91 Å². The SMILES string of the molecule is Cc1cc(C)cc(-c2nnc(SCC(=O)NCC34CC5CC(CC(C5)C3)C4)o2)c1. The van der Waals surface area contributed by atoms with E-state index in [1.807, 2.05) is 12.1 Å². The Morgan fingerprint density at radius 3 is 2.31 bits per heavy atom. The average Bonchev–Trinajstić information content (AvgIpc) is 3.12. The molecule has 1 aromatic heterocycles. The molecule has 29 heavy (non-hydrogen) atoms. The van der Waals surface area contributed by atoms with Crippen LogP contribution in [0.4, 0.5) is 0 Å². The molecule has 0 spiro atoms. The molecule has 2 aromatic rings. The van der Waals surface area contributed by atoms with E-state index in [9.17, 15) is 4.79 Å². The molecule has 0 saturated heterocycles. The molecule has 0 unspecified atom stereocenters. The van der Waals surface area contributed by atoms with Crippen LogP contribution in [0.25, 0.3) is 11.5 Å². The van der Waals surface area contributed by atoms with Crippen LogP contribution >= 0.6 is 11.8 Å². The van der Waals surface area contributed by atoms with E-state index in [0.717, 1.165) is 41.0 Å². The zero-order valence-corrected chi connectivity index (χ0v) is 18.1. The van der Waals surface area contributed by atoms with Crippen LogP contribution in [0.1, 0.15) is 49.7 Å². The number of nitrogens with zero attached hydrogens (tertiary/aromatic N) is 2. The summed E-state index contributed by atoms with van der Waals surface area (Å²) < 4.78 is 5.77. The zero-order valence-electron chi connectivity index (χ0n) is 17.2. The molecule has 0 atom stereocenters. The van der Waals surface area contributed by atoms with Crippen molar-refractivity contribution in [2.75, 3.05) is 12.3 Å². The molecule has 4 bridgehead atoms. The van der Waals surface area contributed by atoms with Gasteiger partial charge < -0.3 is 9.73 Å². The number of rotatable bonds is 6. The molecule has 4 fully saturated rings. The summed E-state index contributed by atoms with van der Waals surface area (Å²) in [5.74, 6) is 3.63. The largest absolute Gasteiger partial charge is 0.411 e. The molecule has 1 N–H and O–H groups in total. The van der Waals surface area contributed by atoms with E-state index in [2.05, 4.69) is 35.4 Å². The van der Waals surface area contributed by atoms with Gasteiger partial charge in [-0.15, -0.1) is 10.2 Å². The predicted molar refractivity (Wildman–Crippen MR) is 114 cm³/mol. The molecule has 4 aliphatic rings. The van der Waals surface area contributed by atoms with Gasteiger partial charge in [0.1, 0.15) is 0 Å². The second kappa shape index (κ2) is 7.46. The third kappa shape index (κ3) is 4.09. The third-order valence-electron chi connectivity index (χ3n) is 7.03. The second-order valence-electron chi connectivity index (χ2n) is 9.73. The van der Waals surface area contributed by atoms with Gasteiger partial charge >= 0.3 is 0 Å². The number of aromatic nitrogens is 2. The summed E-state index contributed by atoms with van der Waals surface area (Å²) in [6.45, 7) is 4.95. The van der Waals surface area contributed by atoms with Gasteiger partial charge in [0.05, 0.1) is 5.75 Å². The Bertz CT molecular complexity index is 867. The number of carbonyl (C=O) groups is 1. The number of aryl methyl sites for hydroxylation is 2. The molecular weight excluding hydrogens is 382 g/mol. The third-order valence-corrected chi connectivity index (χ3v) is 7.85. The lowest BCUT2D eigenvalue weighted by atomic mass is 9.49. The van der Waals surface area contributed by atoms with Crippen LogP contribution in [0.3, 0.4) is 0 Å². The molecule has 4 aliphatic carbocycles. The van der Waals surface area contributed by atoms with Gasteiger partial charge in [0.2, 0.25) is 11.8 Å². The van der Waals surface area contributed by atoms with Crippen LogP contribution in [0, 0.1) is 37.0 Å². The van der Waals surface area contributed by atoms with Crippen molar-refractivity contribution < 1.29 is 9.21 Å². The summed E-state index contributed by atoms with van der Waals surface area (Å²) >= 11 is 1.32. The normalized spacial score (nSPS) is 29.9. The smallest absolute Gasteiger partial charge is 0.277 e. The Morgan fingerprint density at radius 2 is 1.69 bits per heavy atom. The minimum atomic E-state index is 0.0666. The summed E-state index contributed by atoms with van der Waals surface area (Å²) in [6.07, 6.45) is 8.25. The van der Waals surface area contributed by atoms with Crippen molar-refractivity contribution in [1.82, 2.24) is 15.5 Å². The molecule has 154 valence electrons. The first-order valence-corrected chi connectivity index (χ1v) is 11.8. The predicted octanol–water partition coefficient (Wildman–Crippen LogP) is 4.78. The Hall–Kier alpha value is -1.82. The molecule has 0 radical (unpaired) electrons. The van der Waals surface area contributed by atoms with Gasteiger partial charge in [0.15, 0.2) is 0 Å². The molecule has 6 rings (SSSR count). The number of carbonyl (C=O) groups excluding carboxylic acids is 1. The first-order chi connectivity index (χ1) is 14.0. The topological polar surface area (TPSA) is 68.0 Å². The lowest BCUT2D eigenvalue weighted by Crippen LogP contribution is -2.51. The summed E-state index contributed by atoms with van der Waals surface area (Å²) in [7, 11) is 0. The average molecular weight is 412 g/mol. The quantitative estimate of drug-likeness (QED) is 0.693. The highest BCUT2D eigenvalue weighted by Gasteiger charge is 2.50. The van der Waals surface area contributed by atoms with Crippen molar-refractivity contribution in [3.63, 3.8) is 0 Å². The van der Waals surface area contributed by atoms with Crippen molar-refractivity contribution in [3.05, 3.63) is 29.3 Å². The number of hydrogen-bond donors (Lipinski definition) is 1. The van der Waals surface area contributed by atoms with E-state index in [1.54, 1.807) is 0 Å². The molecule has 1 aromatic carbocycles. The summed E-state index contributed by atoms with van der Waals surface area (Å²) in [5.41, 5.74) is 3.62. The molecule has 4 saturated carbocycles. The second-order valence-corrected chi connectivity index (χ2v) is 10.7. The Morgan fingerprint density at radius 1 is 1.07 bits per heavy atom. The van der Waals surface area contributed by atoms with Gasteiger partial charge in [-0.05, 0) is 87.7 Å². The highest BCUT2D eigenvalue weighted by Crippen LogP contribution is 2.59. The number of thioether (sulfide) groups is 1. The fourth-order valence-electron chi connectivity index (χ4n) is 6.45. The van der Waals surface area contributed by atoms with Gasteiger partial charge in [0.25, 0.3) is 5.22 Å². The van der Waals surface area contributed by atoms with E-state index in [0.29, 0.717) is 22.3 Å². The number of hydrogen-bond acceptors (Lipinski definition) is 5. The molecule has 0 aliphatic heterocycles. The van der Waals surface area contributed by atoms with Crippen molar-refractivity contribution in [3.8, 4) is 11.5 Å². The fraction of sp³-hybridized carbons (Fsp3) is 0.609. The van der Waals surface area contributed by atoms with Crippen LogP contribution in [-0.4, -0.2) is 28.4 Å². The van der Waals surface area contributed by atoms with Crippen LogP contribution < -0.4 is 5.32 Å². The summed E-state index contributed by atoms with van der Waals surface area (Å²) in [6, 6.07) is 6.18. The monoisotopic (exact) mass is 411 g/mol. The summed E-state index contributed by atoms with van der Waals surface area (Å²) in [5, 5.41) is 11.9. The molecule has 1 heterocycles. The maximum atomic E-state index is 12.5. The lowest BCUT2D eigenvalue weighted by Gasteiger charge is -2.56. The number of benzene rings is 1. The molecule has 5 nitrogen and oxygen atoms in total. The van der Waals surface area contributed by atoms with Gasteiger partial charge in [-0.25, -0.2) is 0 Å². The van der Waals surface area contributed by atoms with Gasteiger partial charge in [-0.1, -0.05) is 29.0 Å². The first-order valence-electron chi connectivity index (χ1n) is 10.8. The zero-order chi connectivity index (χ0) is 20.0. The number of nitrogens with one attached hydrogen (secondary N) is 1. The lowest BCUT2D eigenvalue weighted by molar-refractivity contribution is -0.120. The highest BCUT2D eigenvalue weighted by atomic mass is 32.2. The van der Waals surface area contributed by atoms with Gasteiger partial charge in [-0.2, -0.15) is 0 Å². The summed E-state index contributed by atoms with van der Waals surface area (Å²) in [4.78, 5) is 12.5. The van der Waals surface area contributed by atoms with Crippen molar-refractivity contribution in [2.45, 2.75) is 57.6 Å². The minimum Gasteiger partial charge on any atom is -0.411 e. The van der Waals surface area contributed by atoms with Crippen LogP contribution in [0.15, 0.2) is 27.8 Å². The van der Waals surface area contributed by atoms with E-state index in [1.165, 1.54) is 50.3 Å². The molecule has 1 amide bonds. The molecule has 6 heteroatoms. The minimum absolute atomic E-state index is 0.0666. The van der Waals surface area contributed by atoms with E-state index in [4.69, 9.17) is 4.42 Å². The highest BCUT2D eigenvalue weighted by molar-refractivity contribution is 7.99. The van der Waals surface area contributed by atoms with E-state index < -0.39 is 0 Å². The van der Waals surface area contributed by atoms with Crippen LogP contribution in [-0.2, 0) is 4.79 Å². The van der Waals surface area contributed by atoms with Crippen molar-refractivity contribution in [1.29, 1.82) is 0 Å². The first kappa shape index (κ1) is 19.2. The Balaban J connectivity index is 1.14. The van der Waals surface area contributed by atoms with E-state index >= 15 is 0 Å². The van der Waals surface area contributed by atoms with Crippen LogP contribution in [0.5, 0.6) is 0 Å². The number of amides is 1. The Kier molecular flexibility index (Phi) is 4.93. The van der Waals surface area contributed by atoms with Crippen molar-refractivity contribution >= 4 is 17.7 Å². The van der Waals surface area contributed by atoms with Crippen molar-refractivity contribution in [2.24, 2.45) is 23.2 Å². The Labute approximate surface area is 176 Å². The maximum Gasteiger partial charge on any atom is 0.277 e. The standard InChI is InChI=1S/C23H29N3O2S/c1-14-3-15(2)5-19(4-14)21-25-26-22(28-21)29-12-20(27)24-13-23-9-16-6-17(10-23)8-18(7-16)11-23/h3-5,16-18H,6-13H2,1-2H3,(H,24,27). The van der Waals surface area contributed by atoms with Crippen LogP contribution in [0.2, 0.25) is 0 Å². The maximum absolute atomic E-state index is 12.5. The fourth-order valence-corrected chi connectivity index (χ4v) is 7.05.